The minimum atomic E-state index is -0.271. The molecule has 4 heteroatoms. The number of phenolic OH excluding ortho intramolecular Hbond substituents is 1. The number of hydrogen-bond donors (Lipinski definition) is 2. The number of aliphatic hydroxyl groups excluding tert-OH is 1. The summed E-state index contributed by atoms with van der Waals surface area (Å²) >= 11 is 0. The second-order valence-electron chi connectivity index (χ2n) is 4.50. The number of ketones is 2. The number of rotatable bonds is 1. The molecule has 0 unspecified atom stereocenters. The number of carbonyl (C=O) groups is 2. The summed E-state index contributed by atoms with van der Waals surface area (Å²) in [6.07, 6.45) is 5.72. The number of carbonyl (C=O) groups excluding carboxylic acids is 2. The number of phenols is 1. The second-order valence-corrected chi connectivity index (χ2v) is 4.50. The monoisotopic (exact) mass is 266 g/mol. The molecule has 0 bridgehead atoms. The van der Waals surface area contributed by atoms with Crippen molar-refractivity contribution in [2.45, 2.75) is 0 Å². The Morgan fingerprint density at radius 3 is 1.90 bits per heavy atom. The van der Waals surface area contributed by atoms with Crippen LogP contribution in [0.4, 0.5) is 0 Å². The molecule has 0 saturated heterocycles. The SMILES string of the molecule is O=C1C=CC(=C2C(=O)C(c3ccc(O)cc3)=C2O)C=C1. The van der Waals surface area contributed by atoms with Crippen LogP contribution in [0.5, 0.6) is 5.75 Å². The van der Waals surface area contributed by atoms with Gasteiger partial charge in [-0.05, 0) is 35.4 Å². The highest BCUT2D eigenvalue weighted by atomic mass is 16.3. The molecule has 0 heterocycles. The lowest BCUT2D eigenvalue weighted by Gasteiger charge is -2.23. The van der Waals surface area contributed by atoms with E-state index in [-0.39, 0.29) is 34.2 Å². The predicted octanol–water partition coefficient (Wildman–Crippen LogP) is 2.24. The third-order valence-electron chi connectivity index (χ3n) is 3.23. The first-order valence-electron chi connectivity index (χ1n) is 6.00. The van der Waals surface area contributed by atoms with Crippen LogP contribution in [0.1, 0.15) is 5.56 Å². The zero-order valence-electron chi connectivity index (χ0n) is 10.3. The lowest BCUT2D eigenvalue weighted by Crippen LogP contribution is -2.22. The highest BCUT2D eigenvalue weighted by molar-refractivity contribution is 6.39. The van der Waals surface area contributed by atoms with Gasteiger partial charge in [0.2, 0.25) is 5.78 Å². The molecular formula is C16H10O4. The summed E-state index contributed by atoms with van der Waals surface area (Å²) in [5.41, 5.74) is 1.52. The van der Waals surface area contributed by atoms with Crippen molar-refractivity contribution in [3.63, 3.8) is 0 Å². The molecule has 1 aromatic carbocycles. The lowest BCUT2D eigenvalue weighted by molar-refractivity contribution is -0.112. The Hall–Kier alpha value is -2.88. The van der Waals surface area contributed by atoms with E-state index in [1.54, 1.807) is 12.1 Å². The molecule has 2 N–H and O–H groups in total. The van der Waals surface area contributed by atoms with E-state index < -0.39 is 0 Å². The van der Waals surface area contributed by atoms with Gasteiger partial charge in [-0.25, -0.2) is 0 Å². The van der Waals surface area contributed by atoms with Gasteiger partial charge in [0, 0.05) is 0 Å². The number of Topliss-reactive ketones (excluding diaryl/α,β-unsaturated/α-hetero) is 1. The average molecular weight is 266 g/mol. The topological polar surface area (TPSA) is 74.6 Å². The van der Waals surface area contributed by atoms with Crippen molar-refractivity contribution in [3.05, 3.63) is 71.0 Å². The fourth-order valence-electron chi connectivity index (χ4n) is 2.19. The van der Waals surface area contributed by atoms with E-state index in [2.05, 4.69) is 0 Å². The van der Waals surface area contributed by atoms with Crippen molar-refractivity contribution in [2.75, 3.05) is 0 Å². The molecule has 2 aliphatic carbocycles. The van der Waals surface area contributed by atoms with Crippen LogP contribution in [0.25, 0.3) is 5.57 Å². The predicted molar refractivity (Wildman–Crippen MR) is 73.0 cm³/mol. The Labute approximate surface area is 114 Å². The maximum atomic E-state index is 12.1. The van der Waals surface area contributed by atoms with Crippen molar-refractivity contribution in [1.82, 2.24) is 0 Å². The molecule has 3 rings (SSSR count). The van der Waals surface area contributed by atoms with Crippen LogP contribution in [-0.4, -0.2) is 21.8 Å². The summed E-state index contributed by atoms with van der Waals surface area (Å²) in [6.45, 7) is 0. The van der Waals surface area contributed by atoms with E-state index in [0.29, 0.717) is 11.1 Å². The minimum absolute atomic E-state index is 0.0839. The van der Waals surface area contributed by atoms with E-state index in [0.717, 1.165) is 0 Å². The van der Waals surface area contributed by atoms with Gasteiger partial charge in [0.25, 0.3) is 0 Å². The fourth-order valence-corrected chi connectivity index (χ4v) is 2.19. The molecule has 20 heavy (non-hydrogen) atoms. The number of allylic oxidation sites excluding steroid dienone is 7. The number of aromatic hydroxyl groups is 1. The van der Waals surface area contributed by atoms with E-state index >= 15 is 0 Å². The maximum absolute atomic E-state index is 12.1. The first-order chi connectivity index (χ1) is 9.58. The quantitative estimate of drug-likeness (QED) is 0.764. The lowest BCUT2D eigenvalue weighted by atomic mass is 9.80. The smallest absolute Gasteiger partial charge is 0.201 e. The summed E-state index contributed by atoms with van der Waals surface area (Å²) in [7, 11) is 0. The third-order valence-corrected chi connectivity index (χ3v) is 3.23. The van der Waals surface area contributed by atoms with Crippen molar-refractivity contribution >= 4 is 17.1 Å². The van der Waals surface area contributed by atoms with Crippen molar-refractivity contribution < 1.29 is 19.8 Å². The van der Waals surface area contributed by atoms with Crippen LogP contribution in [-0.2, 0) is 9.59 Å². The first-order valence-corrected chi connectivity index (χ1v) is 6.00. The molecule has 98 valence electrons. The van der Waals surface area contributed by atoms with Crippen LogP contribution in [0.15, 0.2) is 65.5 Å². The molecule has 1 aromatic rings. The maximum Gasteiger partial charge on any atom is 0.201 e. The summed E-state index contributed by atoms with van der Waals surface area (Å²) in [5.74, 6) is -0.412. The van der Waals surface area contributed by atoms with E-state index in [9.17, 15) is 19.8 Å². The molecule has 0 aromatic heterocycles. The van der Waals surface area contributed by atoms with Crippen LogP contribution in [0, 0.1) is 0 Å². The molecule has 0 radical (unpaired) electrons. The molecular weight excluding hydrogens is 256 g/mol. The van der Waals surface area contributed by atoms with Gasteiger partial charge in [0.1, 0.15) is 11.5 Å². The summed E-state index contributed by atoms with van der Waals surface area (Å²) in [6, 6.07) is 6.03. The van der Waals surface area contributed by atoms with Gasteiger partial charge in [-0.1, -0.05) is 24.3 Å². The fraction of sp³-hybridized carbons (Fsp3) is 0. The highest BCUT2D eigenvalue weighted by Gasteiger charge is 2.36. The average Bonchev–Trinajstić information content (AvgIpc) is 2.44. The van der Waals surface area contributed by atoms with Gasteiger partial charge in [-0.15, -0.1) is 0 Å². The van der Waals surface area contributed by atoms with Gasteiger partial charge >= 0.3 is 0 Å². The van der Waals surface area contributed by atoms with Gasteiger partial charge in [0.05, 0.1) is 11.1 Å². The Morgan fingerprint density at radius 2 is 1.35 bits per heavy atom. The van der Waals surface area contributed by atoms with Gasteiger partial charge in [-0.3, -0.25) is 9.59 Å². The van der Waals surface area contributed by atoms with Gasteiger partial charge < -0.3 is 10.2 Å². The summed E-state index contributed by atoms with van der Waals surface area (Å²) in [4.78, 5) is 23.2. The van der Waals surface area contributed by atoms with Crippen molar-refractivity contribution in [2.24, 2.45) is 0 Å². The second kappa shape index (κ2) is 4.35. The first kappa shape index (κ1) is 12.2. The number of benzene rings is 1. The van der Waals surface area contributed by atoms with E-state index in [4.69, 9.17) is 0 Å². The Kier molecular flexibility index (Phi) is 2.64. The Bertz CT molecular complexity index is 725. The van der Waals surface area contributed by atoms with Gasteiger partial charge in [0.15, 0.2) is 5.78 Å². The Morgan fingerprint density at radius 1 is 0.750 bits per heavy atom. The third kappa shape index (κ3) is 1.78. The van der Waals surface area contributed by atoms with Crippen LogP contribution >= 0.6 is 0 Å². The standard InChI is InChI=1S/C16H10O4/c17-11-5-1-9(2-6-11)13-15(19)14(16(13)20)10-3-7-12(18)8-4-10/h1-8,17,19H. The number of hydrogen-bond acceptors (Lipinski definition) is 4. The zero-order valence-corrected chi connectivity index (χ0v) is 10.3. The molecule has 4 nitrogen and oxygen atoms in total. The molecule has 0 atom stereocenters. The normalized spacial score (nSPS) is 17.8. The Balaban J connectivity index is 2.05. The number of aliphatic hydroxyl groups is 1. The molecule has 0 fully saturated rings. The molecule has 0 spiro atoms. The van der Waals surface area contributed by atoms with Gasteiger partial charge in [-0.2, -0.15) is 0 Å². The largest absolute Gasteiger partial charge is 0.508 e. The molecule has 0 aliphatic heterocycles. The van der Waals surface area contributed by atoms with E-state index in [1.165, 1.54) is 36.4 Å². The highest BCUT2D eigenvalue weighted by Crippen LogP contribution is 2.39. The van der Waals surface area contributed by atoms with E-state index in [1.807, 2.05) is 0 Å². The molecule has 0 saturated carbocycles. The zero-order chi connectivity index (χ0) is 14.3. The van der Waals surface area contributed by atoms with Crippen LogP contribution < -0.4 is 0 Å². The van der Waals surface area contributed by atoms with Crippen molar-refractivity contribution in [3.8, 4) is 5.75 Å². The van der Waals surface area contributed by atoms with Crippen LogP contribution in [0.3, 0.4) is 0 Å². The molecule has 2 aliphatic rings. The summed E-state index contributed by atoms with van der Waals surface area (Å²) < 4.78 is 0. The summed E-state index contributed by atoms with van der Waals surface area (Å²) in [5, 5.41) is 19.3. The minimum Gasteiger partial charge on any atom is -0.508 e. The van der Waals surface area contributed by atoms with Crippen molar-refractivity contribution in [1.29, 1.82) is 0 Å². The molecule has 0 amide bonds. The van der Waals surface area contributed by atoms with Crippen LogP contribution in [0.2, 0.25) is 0 Å².